The van der Waals surface area contributed by atoms with Crippen LogP contribution in [0, 0.1) is 15.9 Å². The van der Waals surface area contributed by atoms with Crippen molar-refractivity contribution < 1.29 is 14.1 Å². The molecular weight excluding hydrogens is 527 g/mol. The maximum Gasteiger partial charge on any atom is 0.270 e. The van der Waals surface area contributed by atoms with E-state index in [2.05, 4.69) is 20.5 Å². The number of benzene rings is 3. The summed E-state index contributed by atoms with van der Waals surface area (Å²) in [5, 5.41) is 23.5. The molecule has 12 heteroatoms. The molecule has 0 fully saturated rings. The van der Waals surface area contributed by atoms with Gasteiger partial charge in [0, 0.05) is 40.9 Å². The van der Waals surface area contributed by atoms with Crippen molar-refractivity contribution >= 4 is 39.8 Å². The highest BCUT2D eigenvalue weighted by Crippen LogP contribution is 2.30. The Balaban J connectivity index is 1.30. The highest BCUT2D eigenvalue weighted by Gasteiger charge is 2.19. The van der Waals surface area contributed by atoms with Crippen molar-refractivity contribution in [3.05, 3.63) is 111 Å². The van der Waals surface area contributed by atoms with Crippen LogP contribution in [-0.2, 0) is 11.2 Å². The first-order chi connectivity index (χ1) is 18.5. The van der Waals surface area contributed by atoms with Crippen LogP contribution >= 0.6 is 23.1 Å². The number of nitro groups is 1. The fraction of sp³-hybridized carbons (Fsp3) is 0.0769. The second kappa shape index (κ2) is 11.3. The second-order valence-corrected chi connectivity index (χ2v) is 10.1. The van der Waals surface area contributed by atoms with Crippen molar-refractivity contribution in [3.63, 3.8) is 0 Å². The number of thiazole rings is 1. The van der Waals surface area contributed by atoms with Gasteiger partial charge in [-0.25, -0.2) is 9.37 Å². The van der Waals surface area contributed by atoms with E-state index < -0.39 is 4.92 Å². The van der Waals surface area contributed by atoms with Gasteiger partial charge >= 0.3 is 0 Å². The van der Waals surface area contributed by atoms with E-state index in [4.69, 9.17) is 0 Å². The van der Waals surface area contributed by atoms with Crippen molar-refractivity contribution in [2.24, 2.45) is 0 Å². The Morgan fingerprint density at radius 3 is 2.61 bits per heavy atom. The molecule has 0 aliphatic rings. The van der Waals surface area contributed by atoms with E-state index in [1.165, 1.54) is 47.4 Å². The molecule has 5 rings (SSSR count). The average Bonchev–Trinajstić information content (AvgIpc) is 3.56. The highest BCUT2D eigenvalue weighted by molar-refractivity contribution is 7.99. The van der Waals surface area contributed by atoms with Crippen molar-refractivity contribution in [3.8, 4) is 17.1 Å². The van der Waals surface area contributed by atoms with Crippen LogP contribution in [0.5, 0.6) is 0 Å². The van der Waals surface area contributed by atoms with Crippen LogP contribution in [0.15, 0.2) is 90.2 Å². The number of thioether (sulfide) groups is 1. The Morgan fingerprint density at radius 2 is 1.84 bits per heavy atom. The molecule has 0 spiro atoms. The van der Waals surface area contributed by atoms with E-state index in [1.54, 1.807) is 35.0 Å². The van der Waals surface area contributed by atoms with E-state index in [1.807, 2.05) is 30.3 Å². The fourth-order valence-electron chi connectivity index (χ4n) is 3.65. The van der Waals surface area contributed by atoms with Gasteiger partial charge in [-0.15, -0.1) is 21.5 Å². The van der Waals surface area contributed by atoms with E-state index in [9.17, 15) is 19.3 Å². The van der Waals surface area contributed by atoms with Gasteiger partial charge in [-0.1, -0.05) is 54.2 Å². The van der Waals surface area contributed by atoms with Crippen LogP contribution in [0.2, 0.25) is 0 Å². The zero-order valence-electron chi connectivity index (χ0n) is 19.7. The number of rotatable bonds is 9. The Morgan fingerprint density at radius 1 is 1.05 bits per heavy atom. The molecule has 0 unspecified atom stereocenters. The minimum atomic E-state index is -0.462. The van der Waals surface area contributed by atoms with Gasteiger partial charge in [0.05, 0.1) is 10.7 Å². The first-order valence-electron chi connectivity index (χ1n) is 11.3. The van der Waals surface area contributed by atoms with Crippen LogP contribution in [-0.4, -0.2) is 36.3 Å². The number of hydrogen-bond donors (Lipinski definition) is 1. The molecule has 0 saturated carbocycles. The monoisotopic (exact) mass is 546 g/mol. The third-order valence-corrected chi connectivity index (χ3v) is 7.23. The summed E-state index contributed by atoms with van der Waals surface area (Å²) in [6, 6.07) is 21.8. The molecule has 1 amide bonds. The van der Waals surface area contributed by atoms with Crippen molar-refractivity contribution in [2.45, 2.75) is 11.6 Å². The zero-order valence-corrected chi connectivity index (χ0v) is 21.3. The molecule has 9 nitrogen and oxygen atoms in total. The van der Waals surface area contributed by atoms with Crippen LogP contribution in [0.4, 0.5) is 15.2 Å². The topological polar surface area (TPSA) is 116 Å². The van der Waals surface area contributed by atoms with E-state index in [0.717, 1.165) is 16.1 Å². The fourth-order valence-corrected chi connectivity index (χ4v) is 5.27. The van der Waals surface area contributed by atoms with E-state index in [0.29, 0.717) is 28.1 Å². The van der Waals surface area contributed by atoms with Gasteiger partial charge in [0.15, 0.2) is 16.1 Å². The maximum atomic E-state index is 13.1. The molecule has 2 heterocycles. The summed E-state index contributed by atoms with van der Waals surface area (Å²) in [5.74, 6) is -0.0820. The van der Waals surface area contributed by atoms with Gasteiger partial charge in [-0.2, -0.15) is 0 Å². The molecular formula is C26H19FN6O3S2. The average molecular weight is 547 g/mol. The summed E-state index contributed by atoms with van der Waals surface area (Å²) in [7, 11) is 0. The normalized spacial score (nSPS) is 10.9. The zero-order chi connectivity index (χ0) is 26.5. The lowest BCUT2D eigenvalue weighted by molar-refractivity contribution is -0.384. The molecule has 190 valence electrons. The van der Waals surface area contributed by atoms with Gasteiger partial charge in [0.1, 0.15) is 5.82 Å². The van der Waals surface area contributed by atoms with Crippen LogP contribution in [0.3, 0.4) is 0 Å². The third-order valence-electron chi connectivity index (χ3n) is 5.39. The quantitative estimate of drug-likeness (QED) is 0.142. The van der Waals surface area contributed by atoms with Crippen LogP contribution in [0.25, 0.3) is 17.1 Å². The number of aromatic nitrogens is 4. The summed E-state index contributed by atoms with van der Waals surface area (Å²) in [6.07, 6.45) is 2.28. The predicted molar refractivity (Wildman–Crippen MR) is 144 cm³/mol. The molecule has 1 N–H and O–H groups in total. The number of nitrogens with zero attached hydrogens (tertiary/aromatic N) is 5. The first kappa shape index (κ1) is 25.2. The Bertz CT molecular complexity index is 1590. The van der Waals surface area contributed by atoms with Gasteiger partial charge in [0.25, 0.3) is 5.69 Å². The lowest BCUT2D eigenvalue weighted by atomic mass is 10.1. The van der Waals surface area contributed by atoms with E-state index in [-0.39, 0.29) is 23.2 Å². The number of nitro benzene ring substituents is 1. The number of amides is 1. The van der Waals surface area contributed by atoms with Gasteiger partial charge in [-0.3, -0.25) is 19.5 Å². The number of nitrogens with one attached hydrogen (secondary N) is 1. The first-order valence-corrected chi connectivity index (χ1v) is 13.1. The molecule has 38 heavy (non-hydrogen) atoms. The molecule has 0 saturated heterocycles. The Hall–Kier alpha value is -4.42. The van der Waals surface area contributed by atoms with Crippen LogP contribution < -0.4 is 5.32 Å². The second-order valence-electron chi connectivity index (χ2n) is 8.06. The standard InChI is InChI=1S/C26H19FN6O3S2/c27-19-11-9-17(10-12-19)13-22-15-28-25(38-22)29-23(34)16-37-26-31-30-24(32(26)20-6-2-1-3-7-20)18-5-4-8-21(14-18)33(35)36/h1-12,14-15H,13,16H2,(H,28,29,34). The molecule has 3 aromatic carbocycles. The molecule has 2 aromatic heterocycles. The summed E-state index contributed by atoms with van der Waals surface area (Å²) in [5.41, 5.74) is 2.18. The highest BCUT2D eigenvalue weighted by atomic mass is 32.2. The van der Waals surface area contributed by atoms with Gasteiger partial charge < -0.3 is 5.32 Å². The van der Waals surface area contributed by atoms with Gasteiger partial charge in [0.2, 0.25) is 5.91 Å². The molecule has 0 radical (unpaired) electrons. The number of non-ortho nitro benzene ring substituents is 1. The van der Waals surface area contributed by atoms with Crippen LogP contribution in [0.1, 0.15) is 10.4 Å². The molecule has 0 atom stereocenters. The van der Waals surface area contributed by atoms with Crippen molar-refractivity contribution in [1.82, 2.24) is 19.7 Å². The summed E-state index contributed by atoms with van der Waals surface area (Å²) in [6.45, 7) is 0. The molecule has 0 aliphatic heterocycles. The third kappa shape index (κ3) is 5.93. The maximum absolute atomic E-state index is 13.1. The SMILES string of the molecule is O=C(CSc1nnc(-c2cccc([N+](=O)[O-])c2)n1-c1ccccc1)Nc1ncc(Cc2ccc(F)cc2)s1. The number of carbonyl (C=O) groups excluding carboxylic acids is 1. The summed E-state index contributed by atoms with van der Waals surface area (Å²) in [4.78, 5) is 28.7. The minimum absolute atomic E-state index is 0.0484. The largest absolute Gasteiger partial charge is 0.301 e. The number of halogens is 1. The molecule has 5 aromatic rings. The van der Waals surface area contributed by atoms with E-state index >= 15 is 0 Å². The summed E-state index contributed by atoms with van der Waals surface area (Å²) < 4.78 is 14.9. The minimum Gasteiger partial charge on any atom is -0.301 e. The van der Waals surface area contributed by atoms with Crippen molar-refractivity contribution in [2.75, 3.05) is 11.1 Å². The number of hydrogen-bond acceptors (Lipinski definition) is 8. The number of carbonyl (C=O) groups is 1. The Labute approximate surface area is 224 Å². The predicted octanol–water partition coefficient (Wildman–Crippen LogP) is 5.76. The smallest absolute Gasteiger partial charge is 0.270 e. The van der Waals surface area contributed by atoms with Gasteiger partial charge in [-0.05, 0) is 29.8 Å². The summed E-state index contributed by atoms with van der Waals surface area (Å²) >= 11 is 2.54. The Kier molecular flexibility index (Phi) is 7.52. The molecule has 0 aliphatic carbocycles. The van der Waals surface area contributed by atoms with Crippen molar-refractivity contribution in [1.29, 1.82) is 0 Å². The molecule has 0 bridgehead atoms. The number of anilines is 1. The lowest BCUT2D eigenvalue weighted by Gasteiger charge is -2.10. The lowest BCUT2D eigenvalue weighted by Crippen LogP contribution is -2.14. The number of para-hydroxylation sites is 1.